The molecule has 1 N–H and O–H groups in total. The van der Waals surface area contributed by atoms with Gasteiger partial charge in [-0.3, -0.25) is 19.2 Å². The van der Waals surface area contributed by atoms with Crippen molar-refractivity contribution >= 4 is 38.1 Å². The van der Waals surface area contributed by atoms with Gasteiger partial charge in [0.15, 0.2) is 0 Å². The van der Waals surface area contributed by atoms with Crippen LogP contribution >= 0.6 is 0 Å². The molecule has 190 valence electrons. The Kier molecular flexibility index (Phi) is 7.83. The Morgan fingerprint density at radius 3 is 2.38 bits per heavy atom. The Hall–Kier alpha value is -4.24. The SMILES string of the molecule is CC(CNC(=O)CN(c1cccc([N+](=O)[O-])c1)S(=O)(=O)c1ccccc1)Cc1cccc2ccccc12. The Labute approximate surface area is 215 Å². The molecular weight excluding hydrogens is 490 g/mol. The third kappa shape index (κ3) is 6.13. The second kappa shape index (κ2) is 11.2. The monoisotopic (exact) mass is 517 g/mol. The standard InChI is InChI=1S/C28H27N3O5S/c1-21(17-23-11-7-10-22-9-5-6-16-27(22)23)19-29-28(32)20-30(24-12-8-13-25(18-24)31(33)34)37(35,36)26-14-3-2-4-15-26/h2-16,18,21H,17,19-20H2,1H3,(H,29,32). The lowest BCUT2D eigenvalue weighted by molar-refractivity contribution is -0.384. The lowest BCUT2D eigenvalue weighted by Crippen LogP contribution is -2.42. The zero-order chi connectivity index (χ0) is 26.4. The van der Waals surface area contributed by atoms with Gasteiger partial charge in [-0.05, 0) is 46.9 Å². The molecule has 0 aliphatic rings. The second-order valence-electron chi connectivity index (χ2n) is 8.85. The number of benzene rings is 4. The molecule has 0 aliphatic carbocycles. The van der Waals surface area contributed by atoms with Crippen molar-refractivity contribution < 1.29 is 18.1 Å². The number of hydrogen-bond donors (Lipinski definition) is 1. The molecule has 4 rings (SSSR count). The van der Waals surface area contributed by atoms with E-state index in [9.17, 15) is 23.3 Å². The summed E-state index contributed by atoms with van der Waals surface area (Å²) in [5, 5.41) is 16.4. The Balaban J connectivity index is 1.51. The molecule has 4 aromatic rings. The van der Waals surface area contributed by atoms with Crippen LogP contribution < -0.4 is 9.62 Å². The van der Waals surface area contributed by atoms with Crippen molar-refractivity contribution in [3.8, 4) is 0 Å². The zero-order valence-corrected chi connectivity index (χ0v) is 21.1. The van der Waals surface area contributed by atoms with Gasteiger partial charge in [-0.15, -0.1) is 0 Å². The number of nitrogens with zero attached hydrogens (tertiary/aromatic N) is 2. The molecule has 0 aliphatic heterocycles. The van der Waals surface area contributed by atoms with Crippen LogP contribution in [0.25, 0.3) is 10.8 Å². The number of sulfonamides is 1. The molecule has 0 saturated heterocycles. The summed E-state index contributed by atoms with van der Waals surface area (Å²) in [6, 6.07) is 27.2. The van der Waals surface area contributed by atoms with E-state index in [1.807, 2.05) is 25.1 Å². The van der Waals surface area contributed by atoms with Gasteiger partial charge in [-0.2, -0.15) is 0 Å². The highest BCUT2D eigenvalue weighted by Crippen LogP contribution is 2.27. The third-order valence-corrected chi connectivity index (χ3v) is 7.83. The molecule has 37 heavy (non-hydrogen) atoms. The predicted molar refractivity (Wildman–Crippen MR) is 144 cm³/mol. The van der Waals surface area contributed by atoms with E-state index in [1.54, 1.807) is 18.2 Å². The molecule has 0 heterocycles. The Morgan fingerprint density at radius 2 is 1.62 bits per heavy atom. The highest BCUT2D eigenvalue weighted by molar-refractivity contribution is 7.92. The fraction of sp³-hybridized carbons (Fsp3) is 0.179. The number of hydrogen-bond acceptors (Lipinski definition) is 5. The normalized spacial score (nSPS) is 12.1. The number of nitro groups is 1. The first-order valence-electron chi connectivity index (χ1n) is 11.8. The van der Waals surface area contributed by atoms with Crippen molar-refractivity contribution in [2.45, 2.75) is 18.2 Å². The van der Waals surface area contributed by atoms with E-state index < -0.39 is 27.4 Å². The average molecular weight is 518 g/mol. The minimum Gasteiger partial charge on any atom is -0.354 e. The van der Waals surface area contributed by atoms with E-state index in [-0.39, 0.29) is 22.2 Å². The van der Waals surface area contributed by atoms with Gasteiger partial charge in [0.05, 0.1) is 15.5 Å². The summed E-state index contributed by atoms with van der Waals surface area (Å²) in [7, 11) is -4.15. The number of amides is 1. The lowest BCUT2D eigenvalue weighted by atomic mass is 9.96. The summed E-state index contributed by atoms with van der Waals surface area (Å²) in [4.78, 5) is 23.6. The summed E-state index contributed by atoms with van der Waals surface area (Å²) in [5.74, 6) is -0.414. The van der Waals surface area contributed by atoms with Gasteiger partial charge in [-0.1, -0.05) is 73.7 Å². The van der Waals surface area contributed by atoms with Gasteiger partial charge in [-0.25, -0.2) is 8.42 Å². The van der Waals surface area contributed by atoms with Crippen LogP contribution in [0.5, 0.6) is 0 Å². The minimum absolute atomic E-state index is 0.0152. The van der Waals surface area contributed by atoms with E-state index >= 15 is 0 Å². The topological polar surface area (TPSA) is 110 Å². The highest BCUT2D eigenvalue weighted by atomic mass is 32.2. The average Bonchev–Trinajstić information content (AvgIpc) is 2.91. The molecule has 0 bridgehead atoms. The van der Waals surface area contributed by atoms with Crippen LogP contribution in [-0.2, 0) is 21.2 Å². The van der Waals surface area contributed by atoms with Crippen molar-refractivity contribution in [3.05, 3.63) is 113 Å². The summed E-state index contributed by atoms with van der Waals surface area (Å²) < 4.78 is 27.8. The highest BCUT2D eigenvalue weighted by Gasteiger charge is 2.28. The van der Waals surface area contributed by atoms with Crippen LogP contribution in [0.3, 0.4) is 0 Å². The fourth-order valence-corrected chi connectivity index (χ4v) is 5.62. The fourth-order valence-electron chi connectivity index (χ4n) is 4.19. The van der Waals surface area contributed by atoms with Gasteiger partial charge in [0.2, 0.25) is 5.91 Å². The molecule has 1 atom stereocenters. The molecule has 4 aromatic carbocycles. The maximum absolute atomic E-state index is 13.4. The van der Waals surface area contributed by atoms with Crippen LogP contribution in [0.4, 0.5) is 11.4 Å². The number of anilines is 1. The van der Waals surface area contributed by atoms with E-state index in [0.717, 1.165) is 27.6 Å². The molecule has 8 nitrogen and oxygen atoms in total. The third-order valence-electron chi connectivity index (χ3n) is 6.04. The van der Waals surface area contributed by atoms with E-state index in [2.05, 4.69) is 29.6 Å². The van der Waals surface area contributed by atoms with Crippen LogP contribution in [0.1, 0.15) is 12.5 Å². The molecule has 0 saturated carbocycles. The molecule has 9 heteroatoms. The number of fused-ring (bicyclic) bond motifs is 1. The van der Waals surface area contributed by atoms with Crippen molar-refractivity contribution in [2.24, 2.45) is 5.92 Å². The predicted octanol–water partition coefficient (Wildman–Crippen LogP) is 4.94. The molecule has 1 amide bonds. The second-order valence-corrected chi connectivity index (χ2v) is 10.7. The first-order valence-corrected chi connectivity index (χ1v) is 13.3. The van der Waals surface area contributed by atoms with Crippen molar-refractivity contribution in [3.63, 3.8) is 0 Å². The summed E-state index contributed by atoms with van der Waals surface area (Å²) >= 11 is 0. The van der Waals surface area contributed by atoms with Gasteiger partial charge in [0, 0.05) is 18.7 Å². The Morgan fingerprint density at radius 1 is 0.946 bits per heavy atom. The lowest BCUT2D eigenvalue weighted by Gasteiger charge is -2.24. The summed E-state index contributed by atoms with van der Waals surface area (Å²) in [5.41, 5.74) is 0.941. The number of non-ortho nitro benzene ring substituents is 1. The Bertz CT molecular complexity index is 1520. The van der Waals surface area contributed by atoms with Gasteiger partial charge in [0.25, 0.3) is 15.7 Å². The first kappa shape index (κ1) is 25.8. The first-order chi connectivity index (χ1) is 17.8. The van der Waals surface area contributed by atoms with Crippen molar-refractivity contribution in [1.82, 2.24) is 5.32 Å². The zero-order valence-electron chi connectivity index (χ0n) is 20.3. The van der Waals surface area contributed by atoms with Gasteiger partial charge in [0.1, 0.15) is 6.54 Å². The van der Waals surface area contributed by atoms with Crippen LogP contribution in [-0.4, -0.2) is 32.3 Å². The maximum atomic E-state index is 13.4. The van der Waals surface area contributed by atoms with E-state index in [0.29, 0.717) is 6.54 Å². The van der Waals surface area contributed by atoms with Gasteiger partial charge < -0.3 is 5.32 Å². The number of rotatable bonds is 10. The molecule has 0 fully saturated rings. The molecule has 0 radical (unpaired) electrons. The molecule has 1 unspecified atom stereocenters. The van der Waals surface area contributed by atoms with Crippen LogP contribution in [0, 0.1) is 16.0 Å². The molecule has 0 aromatic heterocycles. The number of carbonyl (C=O) groups is 1. The minimum atomic E-state index is -4.15. The van der Waals surface area contributed by atoms with Gasteiger partial charge >= 0.3 is 0 Å². The van der Waals surface area contributed by atoms with E-state index in [4.69, 9.17) is 0 Å². The van der Waals surface area contributed by atoms with Crippen LogP contribution in [0.15, 0.2) is 102 Å². The largest absolute Gasteiger partial charge is 0.354 e. The van der Waals surface area contributed by atoms with Crippen molar-refractivity contribution in [1.29, 1.82) is 0 Å². The van der Waals surface area contributed by atoms with Crippen LogP contribution in [0.2, 0.25) is 0 Å². The van der Waals surface area contributed by atoms with E-state index in [1.165, 1.54) is 35.9 Å². The summed E-state index contributed by atoms with van der Waals surface area (Å²) in [6.07, 6.45) is 0.735. The smallest absolute Gasteiger partial charge is 0.271 e. The van der Waals surface area contributed by atoms with Crippen molar-refractivity contribution in [2.75, 3.05) is 17.4 Å². The molecule has 0 spiro atoms. The number of nitrogens with one attached hydrogen (secondary N) is 1. The number of nitro benzene ring substituents is 1. The maximum Gasteiger partial charge on any atom is 0.271 e. The quantitative estimate of drug-likeness (QED) is 0.237. The molecular formula is C28H27N3O5S. The summed E-state index contributed by atoms with van der Waals surface area (Å²) in [6.45, 7) is 1.84. The number of carbonyl (C=O) groups excluding carboxylic acids is 1.